The van der Waals surface area contributed by atoms with E-state index in [9.17, 15) is 9.18 Å². The van der Waals surface area contributed by atoms with Gasteiger partial charge in [0.25, 0.3) is 0 Å². The van der Waals surface area contributed by atoms with Crippen LogP contribution in [0.1, 0.15) is 12.8 Å². The normalized spacial score (nSPS) is 16.9. The summed E-state index contributed by atoms with van der Waals surface area (Å²) in [6, 6.07) is 4.75. The zero-order chi connectivity index (χ0) is 12.3. The standard InChI is InChI=1S/C12H15FN2O2/c1-17-12(16)9-5-7-15(8-6-9)11-4-2-3-10(13)14-11/h2-4,9H,5-8H2,1H3. The van der Waals surface area contributed by atoms with Gasteiger partial charge in [0.15, 0.2) is 0 Å². The second-order valence-corrected chi connectivity index (χ2v) is 4.10. The third-order valence-corrected chi connectivity index (χ3v) is 3.05. The molecule has 0 amide bonds. The molecule has 0 unspecified atom stereocenters. The molecule has 0 saturated carbocycles. The Hall–Kier alpha value is -1.65. The third kappa shape index (κ3) is 2.72. The molecule has 92 valence electrons. The van der Waals surface area contributed by atoms with E-state index in [4.69, 9.17) is 4.74 Å². The Labute approximate surface area is 99.4 Å². The molecular weight excluding hydrogens is 223 g/mol. The van der Waals surface area contributed by atoms with Crippen molar-refractivity contribution in [3.63, 3.8) is 0 Å². The van der Waals surface area contributed by atoms with E-state index in [1.165, 1.54) is 13.2 Å². The molecule has 1 saturated heterocycles. The number of aromatic nitrogens is 1. The molecule has 1 aliphatic rings. The van der Waals surface area contributed by atoms with Gasteiger partial charge < -0.3 is 9.64 Å². The lowest BCUT2D eigenvalue weighted by Gasteiger charge is -2.31. The lowest BCUT2D eigenvalue weighted by atomic mass is 9.97. The molecule has 5 heteroatoms. The summed E-state index contributed by atoms with van der Waals surface area (Å²) >= 11 is 0. The van der Waals surface area contributed by atoms with Crippen molar-refractivity contribution in [2.24, 2.45) is 5.92 Å². The van der Waals surface area contributed by atoms with E-state index in [1.807, 2.05) is 4.90 Å². The second-order valence-electron chi connectivity index (χ2n) is 4.10. The highest BCUT2D eigenvalue weighted by molar-refractivity contribution is 5.72. The van der Waals surface area contributed by atoms with Crippen molar-refractivity contribution in [2.45, 2.75) is 12.8 Å². The molecule has 1 aromatic rings. The summed E-state index contributed by atoms with van der Waals surface area (Å²) < 4.78 is 17.7. The highest BCUT2D eigenvalue weighted by Crippen LogP contribution is 2.22. The summed E-state index contributed by atoms with van der Waals surface area (Å²) in [5.41, 5.74) is 0. The Morgan fingerprint density at radius 2 is 2.18 bits per heavy atom. The molecule has 1 aromatic heterocycles. The maximum atomic E-state index is 13.0. The predicted molar refractivity (Wildman–Crippen MR) is 61.1 cm³/mol. The minimum absolute atomic E-state index is 0.0372. The van der Waals surface area contributed by atoms with Gasteiger partial charge in [-0.05, 0) is 25.0 Å². The Morgan fingerprint density at radius 3 is 2.76 bits per heavy atom. The molecule has 0 aliphatic carbocycles. The van der Waals surface area contributed by atoms with Crippen LogP contribution >= 0.6 is 0 Å². The number of nitrogens with zero attached hydrogens (tertiary/aromatic N) is 2. The number of methoxy groups -OCH3 is 1. The fourth-order valence-electron chi connectivity index (χ4n) is 2.08. The summed E-state index contributed by atoms with van der Waals surface area (Å²) in [6.07, 6.45) is 1.45. The van der Waals surface area contributed by atoms with Crippen LogP contribution in [0.5, 0.6) is 0 Å². The number of halogens is 1. The lowest BCUT2D eigenvalue weighted by Crippen LogP contribution is -2.37. The van der Waals surface area contributed by atoms with Gasteiger partial charge in [-0.3, -0.25) is 4.79 Å². The highest BCUT2D eigenvalue weighted by atomic mass is 19.1. The summed E-state index contributed by atoms with van der Waals surface area (Å²) in [5.74, 6) is -0.0347. The lowest BCUT2D eigenvalue weighted by molar-refractivity contribution is -0.146. The van der Waals surface area contributed by atoms with Crippen molar-refractivity contribution >= 4 is 11.8 Å². The van der Waals surface area contributed by atoms with Crippen molar-refractivity contribution in [3.8, 4) is 0 Å². The molecule has 0 N–H and O–H groups in total. The van der Waals surface area contributed by atoms with Gasteiger partial charge in [-0.1, -0.05) is 6.07 Å². The number of rotatable bonds is 2. The molecule has 1 aliphatic heterocycles. The first-order valence-electron chi connectivity index (χ1n) is 5.66. The largest absolute Gasteiger partial charge is 0.469 e. The number of carbonyl (C=O) groups is 1. The van der Waals surface area contributed by atoms with Crippen LogP contribution in [-0.2, 0) is 9.53 Å². The topological polar surface area (TPSA) is 42.4 Å². The number of esters is 1. The predicted octanol–water partition coefficient (Wildman–Crippen LogP) is 1.61. The zero-order valence-corrected chi connectivity index (χ0v) is 9.73. The van der Waals surface area contributed by atoms with Crippen LogP contribution < -0.4 is 4.90 Å². The quantitative estimate of drug-likeness (QED) is 0.580. The molecule has 0 atom stereocenters. The van der Waals surface area contributed by atoms with Crippen LogP contribution in [0, 0.1) is 11.9 Å². The van der Waals surface area contributed by atoms with Gasteiger partial charge in [-0.2, -0.15) is 4.39 Å². The van der Waals surface area contributed by atoms with Crippen LogP contribution in [0.25, 0.3) is 0 Å². The number of carbonyl (C=O) groups excluding carboxylic acids is 1. The van der Waals surface area contributed by atoms with Gasteiger partial charge in [-0.25, -0.2) is 4.98 Å². The fourth-order valence-corrected chi connectivity index (χ4v) is 2.08. The Morgan fingerprint density at radius 1 is 1.47 bits per heavy atom. The van der Waals surface area contributed by atoms with Gasteiger partial charge in [0.2, 0.25) is 5.95 Å². The summed E-state index contributed by atoms with van der Waals surface area (Å²) in [5, 5.41) is 0. The first-order chi connectivity index (χ1) is 8.20. The van der Waals surface area contributed by atoms with Crippen molar-refractivity contribution < 1.29 is 13.9 Å². The van der Waals surface area contributed by atoms with Gasteiger partial charge in [0.1, 0.15) is 5.82 Å². The minimum atomic E-state index is -0.474. The summed E-state index contributed by atoms with van der Waals surface area (Å²) in [7, 11) is 1.41. The first-order valence-corrected chi connectivity index (χ1v) is 5.66. The number of piperidine rings is 1. The molecule has 2 rings (SSSR count). The average Bonchev–Trinajstić information content (AvgIpc) is 2.38. The summed E-state index contributed by atoms with van der Waals surface area (Å²) in [4.78, 5) is 17.2. The van der Waals surface area contributed by atoms with E-state index < -0.39 is 5.95 Å². The Kier molecular flexibility index (Phi) is 3.56. The van der Waals surface area contributed by atoms with E-state index in [-0.39, 0.29) is 11.9 Å². The molecule has 0 aromatic carbocycles. The van der Waals surface area contributed by atoms with E-state index in [2.05, 4.69) is 4.98 Å². The maximum Gasteiger partial charge on any atom is 0.308 e. The Balaban J connectivity index is 1.97. The molecule has 17 heavy (non-hydrogen) atoms. The number of anilines is 1. The van der Waals surface area contributed by atoms with Crippen molar-refractivity contribution in [2.75, 3.05) is 25.1 Å². The molecule has 4 nitrogen and oxygen atoms in total. The molecule has 0 spiro atoms. The van der Waals surface area contributed by atoms with Crippen molar-refractivity contribution in [1.29, 1.82) is 0 Å². The van der Waals surface area contributed by atoms with Gasteiger partial charge in [0, 0.05) is 13.1 Å². The van der Waals surface area contributed by atoms with Gasteiger partial charge in [-0.15, -0.1) is 0 Å². The highest BCUT2D eigenvalue weighted by Gasteiger charge is 2.26. The van der Waals surface area contributed by atoms with E-state index >= 15 is 0 Å². The van der Waals surface area contributed by atoms with Crippen LogP contribution in [0.4, 0.5) is 10.2 Å². The zero-order valence-electron chi connectivity index (χ0n) is 9.73. The van der Waals surface area contributed by atoms with E-state index in [0.717, 1.165) is 12.8 Å². The number of hydrogen-bond donors (Lipinski definition) is 0. The molecule has 2 heterocycles. The fraction of sp³-hybridized carbons (Fsp3) is 0.500. The summed E-state index contributed by atoms with van der Waals surface area (Å²) in [6.45, 7) is 1.41. The van der Waals surface area contributed by atoms with Crippen molar-refractivity contribution in [3.05, 3.63) is 24.1 Å². The molecule has 1 fully saturated rings. The molecule has 0 radical (unpaired) electrons. The smallest absolute Gasteiger partial charge is 0.308 e. The van der Waals surface area contributed by atoms with Crippen LogP contribution in [-0.4, -0.2) is 31.2 Å². The second kappa shape index (κ2) is 5.12. The third-order valence-electron chi connectivity index (χ3n) is 3.05. The SMILES string of the molecule is COC(=O)C1CCN(c2cccc(F)n2)CC1. The maximum absolute atomic E-state index is 13.0. The minimum Gasteiger partial charge on any atom is -0.469 e. The van der Waals surface area contributed by atoms with Gasteiger partial charge in [0.05, 0.1) is 13.0 Å². The average molecular weight is 238 g/mol. The van der Waals surface area contributed by atoms with Crippen molar-refractivity contribution in [1.82, 2.24) is 4.98 Å². The Bertz CT molecular complexity index is 403. The number of pyridine rings is 1. The monoisotopic (exact) mass is 238 g/mol. The van der Waals surface area contributed by atoms with E-state index in [1.54, 1.807) is 12.1 Å². The number of ether oxygens (including phenoxy) is 1. The van der Waals surface area contributed by atoms with Crippen LogP contribution in [0.3, 0.4) is 0 Å². The van der Waals surface area contributed by atoms with Gasteiger partial charge >= 0.3 is 5.97 Å². The van der Waals surface area contributed by atoms with Crippen LogP contribution in [0.2, 0.25) is 0 Å². The van der Waals surface area contributed by atoms with Crippen LogP contribution in [0.15, 0.2) is 18.2 Å². The number of hydrogen-bond acceptors (Lipinski definition) is 4. The molecular formula is C12H15FN2O2. The van der Waals surface area contributed by atoms with E-state index in [0.29, 0.717) is 18.9 Å². The first kappa shape index (κ1) is 11.8. The molecule has 0 bridgehead atoms.